The second-order valence-electron chi connectivity index (χ2n) is 5.47. The van der Waals surface area contributed by atoms with Gasteiger partial charge in [0.25, 0.3) is 0 Å². The largest absolute Gasteiger partial charge is 0.497 e. The van der Waals surface area contributed by atoms with E-state index >= 15 is 0 Å². The molecule has 2 unspecified atom stereocenters. The average Bonchev–Trinajstić information content (AvgIpc) is 2.83. The lowest BCUT2D eigenvalue weighted by atomic mass is 9.84. The first-order chi connectivity index (χ1) is 8.79. The lowest BCUT2D eigenvalue weighted by Crippen LogP contribution is -2.34. The third-order valence-electron chi connectivity index (χ3n) is 4.47. The first-order valence-electron chi connectivity index (χ1n) is 6.91. The second-order valence-corrected chi connectivity index (χ2v) is 5.47. The molecule has 0 radical (unpaired) electrons. The number of likely N-dealkylation sites (N-methyl/N-ethyl adjacent to an activating group) is 1. The highest BCUT2D eigenvalue weighted by Gasteiger charge is 2.33. The number of nitrogens with one attached hydrogen (secondary N) is 1. The summed E-state index contributed by atoms with van der Waals surface area (Å²) in [5, 5.41) is 3.51. The van der Waals surface area contributed by atoms with Crippen LogP contribution in [0.4, 0.5) is 5.69 Å². The van der Waals surface area contributed by atoms with Gasteiger partial charge in [-0.2, -0.15) is 0 Å². The molecule has 0 bridgehead atoms. The van der Waals surface area contributed by atoms with E-state index in [0.717, 1.165) is 12.3 Å². The molecule has 98 valence electrons. The summed E-state index contributed by atoms with van der Waals surface area (Å²) in [5.74, 6) is 1.63. The summed E-state index contributed by atoms with van der Waals surface area (Å²) in [6.45, 7) is 2.34. The molecule has 18 heavy (non-hydrogen) atoms. The van der Waals surface area contributed by atoms with Gasteiger partial charge in [0.2, 0.25) is 0 Å². The first-order valence-corrected chi connectivity index (χ1v) is 6.91. The fourth-order valence-corrected chi connectivity index (χ4v) is 3.50. The van der Waals surface area contributed by atoms with Crippen LogP contribution in [0.2, 0.25) is 0 Å². The Bertz CT molecular complexity index is 433. The number of benzene rings is 1. The Morgan fingerprint density at radius 2 is 2.22 bits per heavy atom. The molecule has 0 amide bonds. The van der Waals surface area contributed by atoms with Crippen LogP contribution < -0.4 is 10.1 Å². The van der Waals surface area contributed by atoms with E-state index in [2.05, 4.69) is 29.4 Å². The van der Waals surface area contributed by atoms with Gasteiger partial charge in [-0.05, 0) is 56.6 Å². The lowest BCUT2D eigenvalue weighted by Gasteiger charge is -2.34. The number of hydrogen-bond acceptors (Lipinski definition) is 3. The highest BCUT2D eigenvalue weighted by atomic mass is 16.5. The minimum absolute atomic E-state index is 0.656. The van der Waals surface area contributed by atoms with Gasteiger partial charge in [-0.25, -0.2) is 0 Å². The van der Waals surface area contributed by atoms with Gasteiger partial charge in [0.05, 0.1) is 7.11 Å². The third kappa shape index (κ3) is 1.97. The van der Waals surface area contributed by atoms with Crippen LogP contribution in [0.1, 0.15) is 30.7 Å². The molecule has 1 N–H and O–H groups in total. The number of methoxy groups -OCH3 is 1. The van der Waals surface area contributed by atoms with E-state index in [9.17, 15) is 0 Å². The first kappa shape index (κ1) is 11.8. The number of rotatable bonds is 2. The fourth-order valence-electron chi connectivity index (χ4n) is 3.50. The van der Waals surface area contributed by atoms with Crippen molar-refractivity contribution in [3.8, 4) is 5.75 Å². The third-order valence-corrected chi connectivity index (χ3v) is 4.47. The van der Waals surface area contributed by atoms with Crippen LogP contribution in [0.3, 0.4) is 0 Å². The van der Waals surface area contributed by atoms with Crippen molar-refractivity contribution in [3.63, 3.8) is 0 Å². The number of likely N-dealkylation sites (tertiary alicyclic amines) is 1. The molecule has 0 saturated carbocycles. The summed E-state index contributed by atoms with van der Waals surface area (Å²) in [6, 6.07) is 7.14. The van der Waals surface area contributed by atoms with Crippen LogP contribution in [-0.4, -0.2) is 38.2 Å². The lowest BCUT2D eigenvalue weighted by molar-refractivity contribution is 0.263. The average molecular weight is 246 g/mol. The summed E-state index contributed by atoms with van der Waals surface area (Å²) in [4.78, 5) is 2.53. The van der Waals surface area contributed by atoms with Crippen LogP contribution >= 0.6 is 0 Å². The van der Waals surface area contributed by atoms with Crippen molar-refractivity contribution in [1.29, 1.82) is 0 Å². The van der Waals surface area contributed by atoms with E-state index < -0.39 is 0 Å². The number of nitrogens with zero attached hydrogens (tertiary/aromatic N) is 1. The van der Waals surface area contributed by atoms with Gasteiger partial charge in [-0.1, -0.05) is 0 Å². The zero-order chi connectivity index (χ0) is 12.5. The molecule has 0 spiro atoms. The molecule has 1 saturated heterocycles. The van der Waals surface area contributed by atoms with Crippen LogP contribution in [0.15, 0.2) is 18.2 Å². The Balaban J connectivity index is 1.94. The van der Waals surface area contributed by atoms with Gasteiger partial charge < -0.3 is 15.0 Å². The molecule has 2 heterocycles. The smallest absolute Gasteiger partial charge is 0.119 e. The van der Waals surface area contributed by atoms with E-state index in [-0.39, 0.29) is 0 Å². The molecule has 3 rings (SSSR count). The van der Waals surface area contributed by atoms with Gasteiger partial charge >= 0.3 is 0 Å². The SMILES string of the molecule is COc1ccc2c(c1)C(C1CCCN1C)CCN2. The predicted molar refractivity (Wildman–Crippen MR) is 74.5 cm³/mol. The summed E-state index contributed by atoms with van der Waals surface area (Å²) >= 11 is 0. The topological polar surface area (TPSA) is 24.5 Å². The molecule has 2 aliphatic rings. The zero-order valence-electron chi connectivity index (χ0n) is 11.3. The van der Waals surface area contributed by atoms with Crippen molar-refractivity contribution in [1.82, 2.24) is 4.90 Å². The van der Waals surface area contributed by atoms with Crippen molar-refractivity contribution in [2.24, 2.45) is 0 Å². The monoisotopic (exact) mass is 246 g/mol. The standard InChI is InChI=1S/C15H22N2O/c1-17-9-3-4-15(17)12-7-8-16-14-6-5-11(18-2)10-13(12)14/h5-6,10,12,15-16H,3-4,7-9H2,1-2H3. The molecule has 0 aromatic heterocycles. The molecule has 2 aliphatic heterocycles. The molecule has 1 fully saturated rings. The van der Waals surface area contributed by atoms with E-state index in [1.807, 2.05) is 6.07 Å². The van der Waals surface area contributed by atoms with Gasteiger partial charge in [0.1, 0.15) is 5.75 Å². The Morgan fingerprint density at radius 3 is 2.94 bits per heavy atom. The molecular formula is C15H22N2O. The number of hydrogen-bond donors (Lipinski definition) is 1. The van der Waals surface area contributed by atoms with E-state index in [0.29, 0.717) is 12.0 Å². The maximum absolute atomic E-state index is 5.38. The van der Waals surface area contributed by atoms with Crippen LogP contribution in [0.25, 0.3) is 0 Å². The number of fused-ring (bicyclic) bond motifs is 1. The Hall–Kier alpha value is -1.22. The summed E-state index contributed by atoms with van der Waals surface area (Å²) in [6.07, 6.45) is 3.90. The Labute approximate surface area is 109 Å². The van der Waals surface area contributed by atoms with Crippen LogP contribution in [0, 0.1) is 0 Å². The van der Waals surface area contributed by atoms with Crippen molar-refractivity contribution in [2.45, 2.75) is 31.2 Å². The normalized spacial score (nSPS) is 27.7. The molecule has 1 aromatic carbocycles. The van der Waals surface area contributed by atoms with Crippen molar-refractivity contribution < 1.29 is 4.74 Å². The van der Waals surface area contributed by atoms with Gasteiger partial charge in [0, 0.05) is 24.2 Å². The summed E-state index contributed by atoms with van der Waals surface area (Å²) in [5.41, 5.74) is 2.74. The van der Waals surface area contributed by atoms with E-state index in [4.69, 9.17) is 4.74 Å². The second kappa shape index (κ2) is 4.81. The molecule has 3 nitrogen and oxygen atoms in total. The fraction of sp³-hybridized carbons (Fsp3) is 0.600. The summed E-state index contributed by atoms with van der Waals surface area (Å²) in [7, 11) is 4.01. The Morgan fingerprint density at radius 1 is 1.33 bits per heavy atom. The van der Waals surface area contributed by atoms with E-state index in [1.54, 1.807) is 7.11 Å². The molecule has 2 atom stereocenters. The van der Waals surface area contributed by atoms with Gasteiger partial charge in [-0.15, -0.1) is 0 Å². The molecular weight excluding hydrogens is 224 g/mol. The Kier molecular flexibility index (Phi) is 3.16. The number of ether oxygens (including phenoxy) is 1. The zero-order valence-corrected chi connectivity index (χ0v) is 11.3. The minimum Gasteiger partial charge on any atom is -0.497 e. The maximum Gasteiger partial charge on any atom is 0.119 e. The molecule has 1 aromatic rings. The van der Waals surface area contributed by atoms with Gasteiger partial charge in [0.15, 0.2) is 0 Å². The predicted octanol–water partition coefficient (Wildman–Crippen LogP) is 2.69. The quantitative estimate of drug-likeness (QED) is 0.868. The number of anilines is 1. The van der Waals surface area contributed by atoms with Crippen LogP contribution in [0.5, 0.6) is 5.75 Å². The maximum atomic E-state index is 5.38. The highest BCUT2D eigenvalue weighted by molar-refractivity contribution is 5.58. The highest BCUT2D eigenvalue weighted by Crippen LogP contribution is 2.40. The van der Waals surface area contributed by atoms with Crippen molar-refractivity contribution >= 4 is 5.69 Å². The van der Waals surface area contributed by atoms with Gasteiger partial charge in [-0.3, -0.25) is 0 Å². The van der Waals surface area contributed by atoms with Crippen molar-refractivity contribution in [2.75, 3.05) is 32.6 Å². The molecule has 3 heteroatoms. The van der Waals surface area contributed by atoms with Crippen LogP contribution in [-0.2, 0) is 0 Å². The van der Waals surface area contributed by atoms with E-state index in [1.165, 1.54) is 37.1 Å². The minimum atomic E-state index is 0.656. The van der Waals surface area contributed by atoms with Crippen molar-refractivity contribution in [3.05, 3.63) is 23.8 Å². The molecule has 0 aliphatic carbocycles. The summed E-state index contributed by atoms with van der Waals surface area (Å²) < 4.78 is 5.38.